The monoisotopic (exact) mass is 296 g/mol. The lowest BCUT2D eigenvalue weighted by atomic mass is 10.0. The fourth-order valence-corrected chi connectivity index (χ4v) is 3.75. The Morgan fingerprint density at radius 3 is 2.89 bits per heavy atom. The highest BCUT2D eigenvalue weighted by Gasteiger charge is 2.22. The van der Waals surface area contributed by atoms with Crippen LogP contribution in [-0.2, 0) is 12.8 Å². The van der Waals surface area contributed by atoms with Gasteiger partial charge in [0.1, 0.15) is 10.8 Å². The van der Waals surface area contributed by atoms with Gasteiger partial charge in [-0.3, -0.25) is 0 Å². The average molecular weight is 297 g/mol. The first-order valence-electron chi connectivity index (χ1n) is 6.35. The Kier molecular flexibility index (Phi) is 3.56. The second kappa shape index (κ2) is 5.19. The number of nitrogens with two attached hydrogens (primary N) is 1. The smallest absolute Gasteiger partial charge is 0.146 e. The van der Waals surface area contributed by atoms with Crippen molar-refractivity contribution in [1.82, 2.24) is 4.98 Å². The van der Waals surface area contributed by atoms with Gasteiger partial charge in [-0.05, 0) is 31.7 Å². The van der Waals surface area contributed by atoms with Gasteiger partial charge in [0.2, 0.25) is 0 Å². The minimum atomic E-state index is -0.533. The SMILES string of the molecule is NC(c1nc2c(s1)CCCC2)c1cccc(Cl)c1F. The van der Waals surface area contributed by atoms with E-state index in [0.29, 0.717) is 5.56 Å². The van der Waals surface area contributed by atoms with Crippen LogP contribution in [0.1, 0.15) is 40.0 Å². The van der Waals surface area contributed by atoms with Gasteiger partial charge in [0, 0.05) is 10.4 Å². The van der Waals surface area contributed by atoms with Crippen molar-refractivity contribution in [2.24, 2.45) is 5.73 Å². The van der Waals surface area contributed by atoms with E-state index in [1.807, 2.05) is 0 Å². The lowest BCUT2D eigenvalue weighted by molar-refractivity contribution is 0.599. The van der Waals surface area contributed by atoms with E-state index < -0.39 is 11.9 Å². The number of hydrogen-bond acceptors (Lipinski definition) is 3. The second-order valence-corrected chi connectivity index (χ2v) is 6.27. The Labute approximate surface area is 120 Å². The zero-order valence-electron chi connectivity index (χ0n) is 10.3. The number of rotatable bonds is 2. The maximum atomic E-state index is 14.0. The molecule has 1 aliphatic carbocycles. The van der Waals surface area contributed by atoms with Crippen LogP contribution in [0.2, 0.25) is 5.02 Å². The van der Waals surface area contributed by atoms with E-state index in [2.05, 4.69) is 4.98 Å². The Morgan fingerprint density at radius 1 is 1.32 bits per heavy atom. The van der Waals surface area contributed by atoms with Gasteiger partial charge in [-0.25, -0.2) is 9.37 Å². The molecule has 1 aromatic heterocycles. The molecule has 0 saturated heterocycles. The minimum Gasteiger partial charge on any atom is -0.318 e. The molecule has 2 nitrogen and oxygen atoms in total. The predicted octanol–water partition coefficient (Wildman–Crippen LogP) is 3.86. The Bertz CT molecular complexity index is 588. The largest absolute Gasteiger partial charge is 0.318 e. The summed E-state index contributed by atoms with van der Waals surface area (Å²) in [7, 11) is 0. The second-order valence-electron chi connectivity index (χ2n) is 4.75. The van der Waals surface area contributed by atoms with E-state index in [1.54, 1.807) is 23.5 Å². The van der Waals surface area contributed by atoms with E-state index in [0.717, 1.165) is 23.5 Å². The number of halogens is 2. The first kappa shape index (κ1) is 13.0. The van der Waals surface area contributed by atoms with Crippen molar-refractivity contribution in [2.45, 2.75) is 31.7 Å². The van der Waals surface area contributed by atoms with Gasteiger partial charge < -0.3 is 5.73 Å². The van der Waals surface area contributed by atoms with Gasteiger partial charge >= 0.3 is 0 Å². The molecule has 1 aliphatic rings. The molecular formula is C14H14ClFN2S. The summed E-state index contributed by atoms with van der Waals surface area (Å²) in [5.74, 6) is -0.440. The molecule has 19 heavy (non-hydrogen) atoms. The zero-order chi connectivity index (χ0) is 13.4. The Morgan fingerprint density at radius 2 is 2.11 bits per heavy atom. The molecule has 0 aliphatic heterocycles. The highest BCUT2D eigenvalue weighted by atomic mass is 35.5. The number of aromatic nitrogens is 1. The lowest BCUT2D eigenvalue weighted by Crippen LogP contribution is -2.13. The third-order valence-corrected chi connectivity index (χ3v) is 4.98. The Balaban J connectivity index is 1.97. The first-order valence-corrected chi connectivity index (χ1v) is 7.54. The minimum absolute atomic E-state index is 0.106. The van der Waals surface area contributed by atoms with Crippen LogP contribution in [0, 0.1) is 5.82 Å². The van der Waals surface area contributed by atoms with E-state index >= 15 is 0 Å². The number of benzene rings is 1. The topological polar surface area (TPSA) is 38.9 Å². The number of thiazole rings is 1. The van der Waals surface area contributed by atoms with E-state index in [1.165, 1.54) is 23.8 Å². The number of fused-ring (bicyclic) bond motifs is 1. The van der Waals surface area contributed by atoms with E-state index in [9.17, 15) is 4.39 Å². The third kappa shape index (κ3) is 2.40. The highest BCUT2D eigenvalue weighted by Crippen LogP contribution is 2.33. The van der Waals surface area contributed by atoms with Gasteiger partial charge in [-0.15, -0.1) is 11.3 Å². The molecule has 0 saturated carbocycles. The van der Waals surface area contributed by atoms with Crippen LogP contribution in [0.5, 0.6) is 0 Å². The summed E-state index contributed by atoms with van der Waals surface area (Å²) in [6.45, 7) is 0. The zero-order valence-corrected chi connectivity index (χ0v) is 11.9. The van der Waals surface area contributed by atoms with Crippen LogP contribution in [0.25, 0.3) is 0 Å². The molecule has 1 atom stereocenters. The summed E-state index contributed by atoms with van der Waals surface area (Å²) in [5, 5.41) is 0.891. The molecule has 0 radical (unpaired) electrons. The van der Waals surface area contributed by atoms with Gasteiger partial charge in [0.05, 0.1) is 16.8 Å². The van der Waals surface area contributed by atoms with Crippen LogP contribution in [0.4, 0.5) is 4.39 Å². The standard InChI is InChI=1S/C14H14ClFN2S/c15-9-5-3-4-8(12(9)16)13(17)14-18-10-6-1-2-7-11(10)19-14/h3-5,13H,1-2,6-7,17H2. The number of hydrogen-bond donors (Lipinski definition) is 1. The Hall–Kier alpha value is -0.970. The molecule has 0 spiro atoms. The van der Waals surface area contributed by atoms with Crippen molar-refractivity contribution < 1.29 is 4.39 Å². The van der Waals surface area contributed by atoms with Gasteiger partial charge in [0.15, 0.2) is 0 Å². The summed E-state index contributed by atoms with van der Waals surface area (Å²) in [5.41, 5.74) is 7.71. The van der Waals surface area contributed by atoms with Gasteiger partial charge in [0.25, 0.3) is 0 Å². The third-order valence-electron chi connectivity index (χ3n) is 3.44. The van der Waals surface area contributed by atoms with Gasteiger partial charge in [-0.1, -0.05) is 23.7 Å². The van der Waals surface area contributed by atoms with Crippen LogP contribution >= 0.6 is 22.9 Å². The van der Waals surface area contributed by atoms with Crippen LogP contribution < -0.4 is 5.73 Å². The predicted molar refractivity (Wildman–Crippen MR) is 76.2 cm³/mol. The maximum Gasteiger partial charge on any atom is 0.146 e. The summed E-state index contributed by atoms with van der Waals surface area (Å²) < 4.78 is 14.0. The summed E-state index contributed by atoms with van der Waals surface area (Å²) in [6, 6.07) is 4.38. The first-order chi connectivity index (χ1) is 9.16. The van der Waals surface area contributed by atoms with Crippen LogP contribution in [0.3, 0.4) is 0 Å². The van der Waals surface area contributed by atoms with Gasteiger partial charge in [-0.2, -0.15) is 0 Å². The molecule has 1 aromatic carbocycles. The summed E-state index contributed by atoms with van der Waals surface area (Å²) in [4.78, 5) is 5.89. The summed E-state index contributed by atoms with van der Waals surface area (Å²) in [6.07, 6.45) is 4.46. The van der Waals surface area contributed by atoms with Crippen LogP contribution in [-0.4, -0.2) is 4.98 Å². The molecule has 2 N–H and O–H groups in total. The molecule has 100 valence electrons. The summed E-state index contributed by atoms with van der Waals surface area (Å²) >= 11 is 7.41. The average Bonchev–Trinajstić information content (AvgIpc) is 2.85. The molecule has 0 fully saturated rings. The molecular weight excluding hydrogens is 283 g/mol. The number of nitrogens with zero attached hydrogens (tertiary/aromatic N) is 1. The highest BCUT2D eigenvalue weighted by molar-refractivity contribution is 7.11. The van der Waals surface area contributed by atoms with Crippen molar-refractivity contribution >= 4 is 22.9 Å². The van der Waals surface area contributed by atoms with Crippen LogP contribution in [0.15, 0.2) is 18.2 Å². The van der Waals surface area contributed by atoms with Crippen molar-refractivity contribution in [2.75, 3.05) is 0 Å². The molecule has 1 heterocycles. The molecule has 0 bridgehead atoms. The fourth-order valence-electron chi connectivity index (χ4n) is 2.40. The quantitative estimate of drug-likeness (QED) is 0.914. The van der Waals surface area contributed by atoms with Crippen molar-refractivity contribution in [3.8, 4) is 0 Å². The lowest BCUT2D eigenvalue weighted by Gasteiger charge is -2.10. The molecule has 3 rings (SSSR count). The fraction of sp³-hybridized carbons (Fsp3) is 0.357. The van der Waals surface area contributed by atoms with Crippen molar-refractivity contribution in [1.29, 1.82) is 0 Å². The number of aryl methyl sites for hydroxylation is 2. The molecule has 0 amide bonds. The molecule has 1 unspecified atom stereocenters. The maximum absolute atomic E-state index is 14.0. The van der Waals surface area contributed by atoms with E-state index in [4.69, 9.17) is 17.3 Å². The van der Waals surface area contributed by atoms with Crippen molar-refractivity contribution in [3.05, 3.63) is 50.2 Å². The van der Waals surface area contributed by atoms with Crippen molar-refractivity contribution in [3.63, 3.8) is 0 Å². The van der Waals surface area contributed by atoms with E-state index in [-0.39, 0.29) is 5.02 Å². The molecule has 2 aromatic rings. The molecule has 5 heteroatoms. The normalized spacial score (nSPS) is 16.2.